The van der Waals surface area contributed by atoms with E-state index in [0.717, 1.165) is 25.7 Å². The van der Waals surface area contributed by atoms with Gasteiger partial charge in [0.15, 0.2) is 0 Å². The first-order chi connectivity index (χ1) is 12.0. The summed E-state index contributed by atoms with van der Waals surface area (Å²) < 4.78 is 0. The van der Waals surface area contributed by atoms with Crippen LogP contribution < -0.4 is 10.6 Å². The van der Waals surface area contributed by atoms with Crippen molar-refractivity contribution in [1.82, 2.24) is 5.32 Å². The molecule has 0 saturated carbocycles. The van der Waals surface area contributed by atoms with Gasteiger partial charge in [0.05, 0.1) is 11.3 Å². The number of carbonyl (C=O) groups is 3. The predicted octanol–water partition coefficient (Wildman–Crippen LogP) is 3.58. The Kier molecular flexibility index (Phi) is 9.29. The van der Waals surface area contributed by atoms with Gasteiger partial charge in [-0.2, -0.15) is 0 Å². The number of carbonyl (C=O) groups excluding carboxylic acids is 2. The van der Waals surface area contributed by atoms with Crippen molar-refractivity contribution in [3.63, 3.8) is 0 Å². The molecule has 0 fully saturated rings. The summed E-state index contributed by atoms with van der Waals surface area (Å²) in [5.41, 5.74) is 0.628. The minimum absolute atomic E-state index is 0.256. The number of rotatable bonds is 11. The topological polar surface area (TPSA) is 95.5 Å². The number of benzene rings is 1. The fourth-order valence-electron chi connectivity index (χ4n) is 2.60. The molecule has 0 aliphatic carbocycles. The van der Waals surface area contributed by atoms with Crippen LogP contribution >= 0.6 is 0 Å². The molecule has 0 aliphatic heterocycles. The molecule has 0 bridgehead atoms. The SMILES string of the molecule is CCCCCCCC[C@@H](NC(=O)c1ccccc1NC(C)=O)C(=O)O. The first-order valence-corrected chi connectivity index (χ1v) is 8.86. The van der Waals surface area contributed by atoms with Crippen LogP contribution in [0.2, 0.25) is 0 Å². The van der Waals surface area contributed by atoms with Crippen LogP contribution in [0.15, 0.2) is 24.3 Å². The van der Waals surface area contributed by atoms with E-state index in [9.17, 15) is 19.5 Å². The molecule has 0 unspecified atom stereocenters. The normalized spacial score (nSPS) is 11.6. The van der Waals surface area contributed by atoms with Crippen molar-refractivity contribution < 1.29 is 19.5 Å². The zero-order chi connectivity index (χ0) is 18.7. The average Bonchev–Trinajstić information content (AvgIpc) is 2.56. The monoisotopic (exact) mass is 348 g/mol. The van der Waals surface area contributed by atoms with Crippen molar-refractivity contribution in [3.05, 3.63) is 29.8 Å². The lowest BCUT2D eigenvalue weighted by atomic mass is 10.0. The molecule has 138 valence electrons. The summed E-state index contributed by atoms with van der Waals surface area (Å²) in [5.74, 6) is -1.83. The summed E-state index contributed by atoms with van der Waals surface area (Å²) >= 11 is 0. The van der Waals surface area contributed by atoms with E-state index >= 15 is 0 Å². The van der Waals surface area contributed by atoms with E-state index in [-0.39, 0.29) is 11.5 Å². The van der Waals surface area contributed by atoms with E-state index in [4.69, 9.17) is 0 Å². The van der Waals surface area contributed by atoms with Gasteiger partial charge in [-0.25, -0.2) is 4.79 Å². The van der Waals surface area contributed by atoms with E-state index in [1.165, 1.54) is 19.8 Å². The van der Waals surface area contributed by atoms with E-state index in [1.54, 1.807) is 24.3 Å². The highest BCUT2D eigenvalue weighted by molar-refractivity contribution is 6.04. The Morgan fingerprint density at radius 2 is 1.68 bits per heavy atom. The molecule has 1 aromatic carbocycles. The van der Waals surface area contributed by atoms with Gasteiger partial charge in [0.2, 0.25) is 5.91 Å². The molecule has 25 heavy (non-hydrogen) atoms. The molecule has 0 heterocycles. The average molecular weight is 348 g/mol. The number of aliphatic carboxylic acids is 1. The van der Waals surface area contributed by atoms with Gasteiger partial charge < -0.3 is 15.7 Å². The van der Waals surface area contributed by atoms with Crippen molar-refractivity contribution in [3.8, 4) is 0 Å². The molecule has 0 radical (unpaired) electrons. The predicted molar refractivity (Wildman–Crippen MR) is 97.6 cm³/mol. The second-order valence-electron chi connectivity index (χ2n) is 6.15. The van der Waals surface area contributed by atoms with E-state index in [2.05, 4.69) is 17.6 Å². The number of amides is 2. The van der Waals surface area contributed by atoms with Crippen LogP contribution in [0.4, 0.5) is 5.69 Å². The van der Waals surface area contributed by atoms with Gasteiger partial charge >= 0.3 is 5.97 Å². The molecular weight excluding hydrogens is 320 g/mol. The van der Waals surface area contributed by atoms with Crippen molar-refractivity contribution in [1.29, 1.82) is 0 Å². The second-order valence-corrected chi connectivity index (χ2v) is 6.15. The van der Waals surface area contributed by atoms with Gasteiger partial charge in [-0.05, 0) is 18.6 Å². The van der Waals surface area contributed by atoms with Crippen LogP contribution in [0.1, 0.15) is 69.2 Å². The van der Waals surface area contributed by atoms with Crippen LogP contribution in [0, 0.1) is 0 Å². The summed E-state index contributed by atoms with van der Waals surface area (Å²) in [6.07, 6.45) is 6.72. The van der Waals surface area contributed by atoms with Crippen LogP contribution in [-0.2, 0) is 9.59 Å². The number of carboxylic acid groups (broad SMARTS) is 1. The van der Waals surface area contributed by atoms with Crippen molar-refractivity contribution in [2.45, 2.75) is 64.8 Å². The maximum atomic E-state index is 12.4. The Bertz CT molecular complexity index is 587. The van der Waals surface area contributed by atoms with E-state index in [0.29, 0.717) is 12.1 Å². The quantitative estimate of drug-likeness (QED) is 0.533. The number of nitrogens with one attached hydrogen (secondary N) is 2. The van der Waals surface area contributed by atoms with Gasteiger partial charge in [-0.15, -0.1) is 0 Å². The Balaban J connectivity index is 2.62. The Morgan fingerprint density at radius 3 is 2.32 bits per heavy atom. The standard InChI is InChI=1S/C19H28N2O4/c1-3-4-5-6-7-8-13-17(19(24)25)21-18(23)15-11-9-10-12-16(15)20-14(2)22/h9-12,17H,3-8,13H2,1-2H3,(H,20,22)(H,21,23)(H,24,25)/t17-/m1/s1. The number of unbranched alkanes of at least 4 members (excludes halogenated alkanes) is 5. The highest BCUT2D eigenvalue weighted by atomic mass is 16.4. The molecule has 0 aromatic heterocycles. The summed E-state index contributed by atoms with van der Waals surface area (Å²) in [4.78, 5) is 35.1. The first-order valence-electron chi connectivity index (χ1n) is 8.86. The maximum absolute atomic E-state index is 12.4. The summed E-state index contributed by atoms with van der Waals surface area (Å²) in [6.45, 7) is 3.50. The molecule has 6 nitrogen and oxygen atoms in total. The molecule has 1 atom stereocenters. The molecule has 0 saturated heterocycles. The maximum Gasteiger partial charge on any atom is 0.326 e. The van der Waals surface area contributed by atoms with Crippen molar-refractivity contribution >= 4 is 23.5 Å². The number of hydrogen-bond donors (Lipinski definition) is 3. The van der Waals surface area contributed by atoms with E-state index < -0.39 is 17.9 Å². The van der Waals surface area contributed by atoms with Gasteiger partial charge in [0.1, 0.15) is 6.04 Å². The lowest BCUT2D eigenvalue weighted by Crippen LogP contribution is -2.41. The molecule has 1 aromatic rings. The third kappa shape index (κ3) is 7.83. The Morgan fingerprint density at radius 1 is 1.04 bits per heavy atom. The Labute approximate surface area is 149 Å². The number of anilines is 1. The summed E-state index contributed by atoms with van der Waals surface area (Å²) in [7, 11) is 0. The fraction of sp³-hybridized carbons (Fsp3) is 0.526. The molecule has 3 N–H and O–H groups in total. The zero-order valence-corrected chi connectivity index (χ0v) is 15.0. The Hall–Kier alpha value is -2.37. The van der Waals surface area contributed by atoms with Crippen LogP contribution in [0.5, 0.6) is 0 Å². The highest BCUT2D eigenvalue weighted by Gasteiger charge is 2.21. The second kappa shape index (κ2) is 11.2. The number of para-hydroxylation sites is 1. The van der Waals surface area contributed by atoms with Crippen LogP contribution in [-0.4, -0.2) is 28.9 Å². The van der Waals surface area contributed by atoms with E-state index in [1.807, 2.05) is 0 Å². The fourth-order valence-corrected chi connectivity index (χ4v) is 2.60. The van der Waals surface area contributed by atoms with Gasteiger partial charge in [0, 0.05) is 6.92 Å². The summed E-state index contributed by atoms with van der Waals surface area (Å²) in [5, 5.41) is 14.5. The molecular formula is C19H28N2O4. The third-order valence-electron chi connectivity index (χ3n) is 3.93. The molecule has 0 aliphatic rings. The van der Waals surface area contributed by atoms with Gasteiger partial charge in [0.25, 0.3) is 5.91 Å². The molecule has 0 spiro atoms. The lowest BCUT2D eigenvalue weighted by molar-refractivity contribution is -0.139. The van der Waals surface area contributed by atoms with Crippen LogP contribution in [0.3, 0.4) is 0 Å². The van der Waals surface area contributed by atoms with Gasteiger partial charge in [-0.1, -0.05) is 57.6 Å². The highest BCUT2D eigenvalue weighted by Crippen LogP contribution is 2.16. The minimum atomic E-state index is -1.04. The van der Waals surface area contributed by atoms with Crippen molar-refractivity contribution in [2.75, 3.05) is 5.32 Å². The first kappa shape index (κ1) is 20.7. The molecule has 2 amide bonds. The minimum Gasteiger partial charge on any atom is -0.480 e. The number of carboxylic acids is 1. The largest absolute Gasteiger partial charge is 0.480 e. The summed E-state index contributed by atoms with van der Waals surface area (Å²) in [6, 6.07) is 5.62. The smallest absolute Gasteiger partial charge is 0.326 e. The lowest BCUT2D eigenvalue weighted by Gasteiger charge is -2.16. The van der Waals surface area contributed by atoms with Gasteiger partial charge in [-0.3, -0.25) is 9.59 Å². The van der Waals surface area contributed by atoms with Crippen LogP contribution in [0.25, 0.3) is 0 Å². The zero-order valence-electron chi connectivity index (χ0n) is 15.0. The third-order valence-corrected chi connectivity index (χ3v) is 3.93. The molecule has 6 heteroatoms. The molecule has 1 rings (SSSR count). The van der Waals surface area contributed by atoms with Crippen molar-refractivity contribution in [2.24, 2.45) is 0 Å². The number of hydrogen-bond acceptors (Lipinski definition) is 3.